The van der Waals surface area contributed by atoms with Crippen molar-refractivity contribution in [2.75, 3.05) is 6.61 Å². The molecule has 1 aliphatic carbocycles. The van der Waals surface area contributed by atoms with Gasteiger partial charge in [-0.1, -0.05) is 34.1 Å². The van der Waals surface area contributed by atoms with Crippen molar-refractivity contribution in [1.29, 1.82) is 0 Å². The SMILES string of the molecule is CCOC(=O)C1(C(C)=O)CC[C@@](C)(O)[C@@H]([N+](=O)[O-])[C@H]1c1ccccc1Br. The number of hydrogen-bond donors (Lipinski definition) is 1. The van der Waals surface area contributed by atoms with E-state index in [1.165, 1.54) is 13.8 Å². The summed E-state index contributed by atoms with van der Waals surface area (Å²) in [6.45, 7) is 4.29. The average molecular weight is 428 g/mol. The van der Waals surface area contributed by atoms with Gasteiger partial charge in [0.15, 0.2) is 0 Å². The summed E-state index contributed by atoms with van der Waals surface area (Å²) in [4.78, 5) is 36.9. The predicted octanol–water partition coefficient (Wildman–Crippen LogP) is 2.86. The molecule has 4 atom stereocenters. The average Bonchev–Trinajstić information content (AvgIpc) is 2.54. The number of halogens is 1. The van der Waals surface area contributed by atoms with Crippen LogP contribution in [0.1, 0.15) is 45.1 Å². The van der Waals surface area contributed by atoms with E-state index in [2.05, 4.69) is 15.9 Å². The Morgan fingerprint density at radius 3 is 2.50 bits per heavy atom. The highest BCUT2D eigenvalue weighted by atomic mass is 79.9. The zero-order chi connectivity index (χ0) is 19.7. The Hall–Kier alpha value is -1.80. The second kappa shape index (κ2) is 7.44. The minimum Gasteiger partial charge on any atom is -0.465 e. The van der Waals surface area contributed by atoms with Crippen molar-refractivity contribution in [2.24, 2.45) is 5.41 Å². The minimum atomic E-state index is -1.72. The van der Waals surface area contributed by atoms with Crippen LogP contribution in [0.4, 0.5) is 0 Å². The number of aliphatic hydroxyl groups is 1. The molecular formula is C18H22BrNO6. The maximum atomic E-state index is 12.9. The molecule has 0 bridgehead atoms. The number of carbonyl (C=O) groups excluding carboxylic acids is 2. The van der Waals surface area contributed by atoms with Crippen molar-refractivity contribution in [3.63, 3.8) is 0 Å². The van der Waals surface area contributed by atoms with E-state index in [1.54, 1.807) is 31.2 Å². The highest BCUT2D eigenvalue weighted by Crippen LogP contribution is 2.54. The predicted molar refractivity (Wildman–Crippen MR) is 97.3 cm³/mol. The van der Waals surface area contributed by atoms with E-state index in [1.807, 2.05) is 0 Å². The first-order valence-corrected chi connectivity index (χ1v) is 9.17. The Bertz CT molecular complexity index is 734. The van der Waals surface area contributed by atoms with Crippen LogP contribution >= 0.6 is 15.9 Å². The minimum absolute atomic E-state index is 0.0233. The lowest BCUT2D eigenvalue weighted by molar-refractivity contribution is -0.555. The van der Waals surface area contributed by atoms with Crippen LogP contribution in [0.2, 0.25) is 0 Å². The summed E-state index contributed by atoms with van der Waals surface area (Å²) >= 11 is 3.37. The molecule has 1 N–H and O–H groups in total. The van der Waals surface area contributed by atoms with Gasteiger partial charge in [0.2, 0.25) is 6.04 Å². The van der Waals surface area contributed by atoms with Crippen LogP contribution in [-0.2, 0) is 14.3 Å². The summed E-state index contributed by atoms with van der Waals surface area (Å²) in [6.07, 6.45) is -0.0809. The van der Waals surface area contributed by atoms with Crippen molar-refractivity contribution in [3.05, 3.63) is 44.4 Å². The Morgan fingerprint density at radius 2 is 2.00 bits per heavy atom. The molecule has 1 saturated carbocycles. The number of nitrogens with zero attached hydrogens (tertiary/aromatic N) is 1. The van der Waals surface area contributed by atoms with Crippen molar-refractivity contribution >= 4 is 27.7 Å². The third-order valence-electron chi connectivity index (χ3n) is 5.24. The summed E-state index contributed by atoms with van der Waals surface area (Å²) < 4.78 is 5.69. The third kappa shape index (κ3) is 3.27. The fourth-order valence-corrected chi connectivity index (χ4v) is 4.45. The molecule has 0 aromatic heterocycles. The number of benzene rings is 1. The largest absolute Gasteiger partial charge is 0.465 e. The molecule has 7 nitrogen and oxygen atoms in total. The number of nitro groups is 1. The molecule has 1 aliphatic rings. The Morgan fingerprint density at radius 1 is 1.38 bits per heavy atom. The highest BCUT2D eigenvalue weighted by molar-refractivity contribution is 9.10. The van der Waals surface area contributed by atoms with Gasteiger partial charge in [-0.3, -0.25) is 19.7 Å². The zero-order valence-electron chi connectivity index (χ0n) is 14.9. The number of rotatable bonds is 5. The summed E-state index contributed by atoms with van der Waals surface area (Å²) in [5, 5.41) is 22.7. The van der Waals surface area contributed by atoms with E-state index < -0.39 is 39.7 Å². The smallest absolute Gasteiger partial charge is 0.320 e. The molecule has 142 valence electrons. The Labute approximate surface area is 160 Å². The van der Waals surface area contributed by atoms with E-state index in [0.29, 0.717) is 10.0 Å². The lowest BCUT2D eigenvalue weighted by Crippen LogP contribution is -2.62. The van der Waals surface area contributed by atoms with Gasteiger partial charge in [-0.25, -0.2) is 0 Å². The van der Waals surface area contributed by atoms with E-state index in [4.69, 9.17) is 4.74 Å². The first-order chi connectivity index (χ1) is 12.1. The second-order valence-electron chi connectivity index (χ2n) is 6.83. The van der Waals surface area contributed by atoms with Crippen LogP contribution in [0, 0.1) is 15.5 Å². The molecular weight excluding hydrogens is 406 g/mol. The number of ether oxygens (including phenoxy) is 1. The molecule has 1 aromatic carbocycles. The molecule has 2 rings (SSSR count). The third-order valence-corrected chi connectivity index (χ3v) is 5.97. The van der Waals surface area contributed by atoms with Crippen LogP contribution in [0.15, 0.2) is 28.7 Å². The van der Waals surface area contributed by atoms with E-state index in [9.17, 15) is 24.8 Å². The topological polar surface area (TPSA) is 107 Å². The van der Waals surface area contributed by atoms with E-state index in [-0.39, 0.29) is 19.4 Å². The van der Waals surface area contributed by atoms with Gasteiger partial charge in [0.1, 0.15) is 16.8 Å². The van der Waals surface area contributed by atoms with Crippen LogP contribution in [-0.4, -0.2) is 40.0 Å². The van der Waals surface area contributed by atoms with Crippen molar-refractivity contribution < 1.29 is 24.4 Å². The Balaban J connectivity index is 2.81. The molecule has 0 heterocycles. The molecule has 1 fully saturated rings. The first kappa shape index (κ1) is 20.5. The van der Waals surface area contributed by atoms with E-state index in [0.717, 1.165) is 0 Å². The molecule has 0 aliphatic heterocycles. The number of esters is 1. The quantitative estimate of drug-likeness (QED) is 0.335. The summed E-state index contributed by atoms with van der Waals surface area (Å²) in [5.74, 6) is -2.44. The van der Waals surface area contributed by atoms with E-state index >= 15 is 0 Å². The fourth-order valence-electron chi connectivity index (χ4n) is 3.92. The maximum Gasteiger partial charge on any atom is 0.320 e. The van der Waals surface area contributed by atoms with Gasteiger partial charge >= 0.3 is 5.97 Å². The van der Waals surface area contributed by atoms with Crippen LogP contribution in [0.5, 0.6) is 0 Å². The summed E-state index contributed by atoms with van der Waals surface area (Å²) in [5.41, 5.74) is -2.97. The van der Waals surface area contributed by atoms with Gasteiger partial charge in [0, 0.05) is 9.40 Å². The second-order valence-corrected chi connectivity index (χ2v) is 7.69. The van der Waals surface area contributed by atoms with Crippen molar-refractivity contribution in [2.45, 2.75) is 51.2 Å². The van der Waals surface area contributed by atoms with Gasteiger partial charge in [0.25, 0.3) is 0 Å². The standard InChI is InChI=1S/C18H22BrNO6/c1-4-26-16(22)18(11(2)21)10-9-17(3,23)15(20(24)25)14(18)12-7-5-6-8-13(12)19/h5-8,14-15,23H,4,9-10H2,1-3H3/t14-,15+,17-,18?/m1/s1. The van der Waals surface area contributed by atoms with Gasteiger partial charge in [0.05, 0.1) is 12.5 Å². The normalized spacial score (nSPS) is 31.3. The molecule has 1 unspecified atom stereocenters. The van der Waals surface area contributed by atoms with Crippen LogP contribution in [0.3, 0.4) is 0 Å². The highest BCUT2D eigenvalue weighted by Gasteiger charge is 2.66. The maximum absolute atomic E-state index is 12.9. The molecule has 1 aromatic rings. The zero-order valence-corrected chi connectivity index (χ0v) is 16.5. The van der Waals surface area contributed by atoms with Gasteiger partial charge in [-0.2, -0.15) is 0 Å². The molecule has 8 heteroatoms. The molecule has 0 spiro atoms. The summed E-state index contributed by atoms with van der Waals surface area (Å²) in [6, 6.07) is 5.18. The molecule has 0 radical (unpaired) electrons. The number of Topliss-reactive ketones (excluding diaryl/α,β-unsaturated/α-hetero) is 1. The van der Waals surface area contributed by atoms with Gasteiger partial charge in [-0.05, 0) is 45.2 Å². The van der Waals surface area contributed by atoms with Gasteiger partial charge in [-0.15, -0.1) is 0 Å². The van der Waals surface area contributed by atoms with Crippen molar-refractivity contribution in [1.82, 2.24) is 0 Å². The van der Waals surface area contributed by atoms with Crippen molar-refractivity contribution in [3.8, 4) is 0 Å². The first-order valence-electron chi connectivity index (χ1n) is 8.38. The monoisotopic (exact) mass is 427 g/mol. The molecule has 0 saturated heterocycles. The number of carbonyl (C=O) groups is 2. The summed E-state index contributed by atoms with van der Waals surface area (Å²) in [7, 11) is 0. The molecule has 0 amide bonds. The number of ketones is 1. The number of hydrogen-bond acceptors (Lipinski definition) is 6. The van der Waals surface area contributed by atoms with Gasteiger partial charge < -0.3 is 9.84 Å². The lowest BCUT2D eigenvalue weighted by Gasteiger charge is -2.47. The van der Waals surface area contributed by atoms with Crippen LogP contribution in [0.25, 0.3) is 0 Å². The lowest BCUT2D eigenvalue weighted by atomic mass is 9.56. The van der Waals surface area contributed by atoms with Crippen LogP contribution < -0.4 is 0 Å². The Kier molecular flexibility index (Phi) is 5.87. The molecule has 26 heavy (non-hydrogen) atoms. The fraction of sp³-hybridized carbons (Fsp3) is 0.556.